The van der Waals surface area contributed by atoms with Gasteiger partial charge in [-0.25, -0.2) is 4.98 Å². The lowest BCUT2D eigenvalue weighted by Gasteiger charge is -2.22. The molecule has 0 aliphatic heterocycles. The van der Waals surface area contributed by atoms with Gasteiger partial charge in [0.15, 0.2) is 5.13 Å². The largest absolute Gasteiger partial charge is 0.333 e. The molecule has 1 heterocycles. The Morgan fingerprint density at radius 2 is 2.04 bits per heavy atom. The molecule has 1 fully saturated rings. The fourth-order valence-electron chi connectivity index (χ4n) is 3.34. The fourth-order valence-corrected chi connectivity index (χ4v) is 4.02. The lowest BCUT2D eigenvalue weighted by Crippen LogP contribution is -2.39. The number of benzene rings is 1. The van der Waals surface area contributed by atoms with Gasteiger partial charge in [-0.3, -0.25) is 9.59 Å². The number of rotatable bonds is 9. The first-order valence-electron chi connectivity index (χ1n) is 9.64. The zero-order chi connectivity index (χ0) is 19.2. The molecule has 2 aromatic rings. The SMILES string of the molecule is CCCCCN(CC(=O)Nc1ncc(C)s1)C(=O)[C@H]1C[C@H]1c1ccccc1. The average molecular weight is 386 g/mol. The van der Waals surface area contributed by atoms with Crippen molar-refractivity contribution in [1.29, 1.82) is 0 Å². The summed E-state index contributed by atoms with van der Waals surface area (Å²) in [6, 6.07) is 10.2. The minimum Gasteiger partial charge on any atom is -0.333 e. The van der Waals surface area contributed by atoms with E-state index in [2.05, 4.69) is 29.4 Å². The van der Waals surface area contributed by atoms with E-state index in [1.807, 2.05) is 25.1 Å². The molecule has 3 rings (SSSR count). The number of nitrogens with one attached hydrogen (secondary N) is 1. The molecular weight excluding hydrogens is 358 g/mol. The van der Waals surface area contributed by atoms with Crippen LogP contribution in [-0.4, -0.2) is 34.8 Å². The highest BCUT2D eigenvalue weighted by Gasteiger charge is 2.45. The van der Waals surface area contributed by atoms with Crippen molar-refractivity contribution in [2.75, 3.05) is 18.4 Å². The third-order valence-corrected chi connectivity index (χ3v) is 5.71. The van der Waals surface area contributed by atoms with Gasteiger partial charge >= 0.3 is 0 Å². The third kappa shape index (κ3) is 5.39. The van der Waals surface area contributed by atoms with Gasteiger partial charge in [0.25, 0.3) is 0 Å². The van der Waals surface area contributed by atoms with Crippen molar-refractivity contribution in [3.05, 3.63) is 47.0 Å². The topological polar surface area (TPSA) is 62.3 Å². The second-order valence-electron chi connectivity index (χ2n) is 7.15. The first-order chi connectivity index (χ1) is 13.1. The molecular formula is C21H27N3O2S. The zero-order valence-electron chi connectivity index (χ0n) is 16.0. The molecule has 0 unspecified atom stereocenters. The lowest BCUT2D eigenvalue weighted by molar-refractivity contribution is -0.136. The average Bonchev–Trinajstić information content (AvgIpc) is 3.37. The summed E-state index contributed by atoms with van der Waals surface area (Å²) in [6.07, 6.45) is 5.68. The van der Waals surface area contributed by atoms with Crippen molar-refractivity contribution in [3.63, 3.8) is 0 Å². The Morgan fingerprint density at radius 3 is 2.70 bits per heavy atom. The molecule has 1 aromatic carbocycles. The van der Waals surface area contributed by atoms with E-state index in [-0.39, 0.29) is 30.2 Å². The minimum absolute atomic E-state index is 0.00364. The number of aryl methyl sites for hydroxylation is 1. The molecule has 2 amide bonds. The highest BCUT2D eigenvalue weighted by molar-refractivity contribution is 7.15. The van der Waals surface area contributed by atoms with Gasteiger partial charge in [-0.15, -0.1) is 11.3 Å². The molecule has 144 valence electrons. The fraction of sp³-hybridized carbons (Fsp3) is 0.476. The number of thiazole rings is 1. The van der Waals surface area contributed by atoms with Crippen molar-refractivity contribution in [2.24, 2.45) is 5.92 Å². The summed E-state index contributed by atoms with van der Waals surface area (Å²) in [5.41, 5.74) is 1.21. The predicted molar refractivity (Wildman–Crippen MR) is 109 cm³/mol. The number of hydrogen-bond donors (Lipinski definition) is 1. The maximum absolute atomic E-state index is 13.0. The van der Waals surface area contributed by atoms with E-state index in [0.717, 1.165) is 30.6 Å². The summed E-state index contributed by atoms with van der Waals surface area (Å²) in [5.74, 6) is 0.220. The van der Waals surface area contributed by atoms with Crippen LogP contribution >= 0.6 is 11.3 Å². The minimum atomic E-state index is -0.175. The van der Waals surface area contributed by atoms with Crippen LogP contribution in [0, 0.1) is 12.8 Å². The maximum Gasteiger partial charge on any atom is 0.245 e. The van der Waals surface area contributed by atoms with E-state index in [4.69, 9.17) is 0 Å². The second-order valence-corrected chi connectivity index (χ2v) is 8.39. The normalized spacial score (nSPS) is 18.1. The van der Waals surface area contributed by atoms with E-state index in [1.54, 1.807) is 11.1 Å². The van der Waals surface area contributed by atoms with Gasteiger partial charge in [-0.1, -0.05) is 50.1 Å². The van der Waals surface area contributed by atoms with Crippen LogP contribution in [0.15, 0.2) is 36.5 Å². The number of amides is 2. The summed E-state index contributed by atoms with van der Waals surface area (Å²) < 4.78 is 0. The summed E-state index contributed by atoms with van der Waals surface area (Å²) in [4.78, 5) is 32.4. The van der Waals surface area contributed by atoms with Gasteiger partial charge in [0, 0.05) is 23.5 Å². The van der Waals surface area contributed by atoms with Crippen molar-refractivity contribution in [1.82, 2.24) is 9.88 Å². The molecule has 1 aliphatic carbocycles. The van der Waals surface area contributed by atoms with E-state index >= 15 is 0 Å². The van der Waals surface area contributed by atoms with Crippen LogP contribution in [-0.2, 0) is 9.59 Å². The third-order valence-electron chi connectivity index (χ3n) is 4.88. The lowest BCUT2D eigenvalue weighted by atomic mass is 10.1. The van der Waals surface area contributed by atoms with Gasteiger partial charge in [-0.2, -0.15) is 0 Å². The van der Waals surface area contributed by atoms with Crippen molar-refractivity contribution < 1.29 is 9.59 Å². The van der Waals surface area contributed by atoms with Gasteiger partial charge in [-0.05, 0) is 31.2 Å². The van der Waals surface area contributed by atoms with Crippen LogP contribution in [0.3, 0.4) is 0 Å². The first kappa shape index (κ1) is 19.5. The molecule has 2 atom stereocenters. The number of aromatic nitrogens is 1. The highest BCUT2D eigenvalue weighted by atomic mass is 32.1. The Labute approximate surface area is 164 Å². The summed E-state index contributed by atoms with van der Waals surface area (Å²) in [7, 11) is 0. The van der Waals surface area contributed by atoms with Crippen molar-refractivity contribution in [3.8, 4) is 0 Å². The quantitative estimate of drug-likeness (QED) is 0.658. The molecule has 1 saturated carbocycles. The molecule has 1 aromatic heterocycles. The Morgan fingerprint density at radius 1 is 1.26 bits per heavy atom. The van der Waals surface area contributed by atoms with Gasteiger partial charge in [0.2, 0.25) is 11.8 Å². The van der Waals surface area contributed by atoms with Gasteiger partial charge < -0.3 is 10.2 Å². The van der Waals surface area contributed by atoms with Crippen molar-refractivity contribution in [2.45, 2.75) is 45.4 Å². The number of carbonyl (C=O) groups excluding carboxylic acids is 2. The predicted octanol–water partition coefficient (Wildman–Crippen LogP) is 4.21. The van der Waals surface area contributed by atoms with Crippen LogP contribution in [0.4, 0.5) is 5.13 Å². The summed E-state index contributed by atoms with van der Waals surface area (Å²) in [6.45, 7) is 4.81. The van der Waals surface area contributed by atoms with Crippen LogP contribution < -0.4 is 5.32 Å². The number of carbonyl (C=O) groups is 2. The number of anilines is 1. The van der Waals surface area contributed by atoms with Gasteiger partial charge in [0.1, 0.15) is 0 Å². The molecule has 0 saturated heterocycles. The van der Waals surface area contributed by atoms with Crippen LogP contribution in [0.25, 0.3) is 0 Å². The number of unbranched alkanes of at least 4 members (excludes halogenated alkanes) is 2. The number of nitrogens with zero attached hydrogens (tertiary/aromatic N) is 2. The smallest absolute Gasteiger partial charge is 0.245 e. The molecule has 1 N–H and O–H groups in total. The molecule has 27 heavy (non-hydrogen) atoms. The monoisotopic (exact) mass is 385 g/mol. The molecule has 0 spiro atoms. The second kappa shape index (κ2) is 9.13. The van der Waals surface area contributed by atoms with Crippen LogP contribution in [0.5, 0.6) is 0 Å². The standard InChI is InChI=1S/C21H27N3O2S/c1-3-4-8-11-24(14-19(25)23-21-22-13-15(2)27-21)20(26)18-12-17(18)16-9-6-5-7-10-16/h5-7,9-10,13,17-18H,3-4,8,11-12,14H2,1-2H3,(H,22,23,25)/t17-,18-/m0/s1. The maximum atomic E-state index is 13.0. The number of hydrogen-bond acceptors (Lipinski definition) is 4. The van der Waals surface area contributed by atoms with E-state index < -0.39 is 0 Å². The Bertz CT molecular complexity index is 775. The van der Waals surface area contributed by atoms with Crippen LogP contribution in [0.2, 0.25) is 0 Å². The van der Waals surface area contributed by atoms with E-state index in [0.29, 0.717) is 11.7 Å². The first-order valence-corrected chi connectivity index (χ1v) is 10.5. The molecule has 5 nitrogen and oxygen atoms in total. The van der Waals surface area contributed by atoms with Gasteiger partial charge in [0.05, 0.1) is 6.54 Å². The van der Waals surface area contributed by atoms with E-state index in [1.165, 1.54) is 16.9 Å². The molecule has 6 heteroatoms. The molecule has 0 bridgehead atoms. The Balaban J connectivity index is 1.60. The highest BCUT2D eigenvalue weighted by Crippen LogP contribution is 2.48. The summed E-state index contributed by atoms with van der Waals surface area (Å²) >= 11 is 1.44. The van der Waals surface area contributed by atoms with Crippen molar-refractivity contribution >= 4 is 28.3 Å². The van der Waals surface area contributed by atoms with Crippen LogP contribution in [0.1, 0.15) is 49.0 Å². The zero-order valence-corrected chi connectivity index (χ0v) is 16.8. The Hall–Kier alpha value is -2.21. The Kier molecular flexibility index (Phi) is 6.61. The summed E-state index contributed by atoms with van der Waals surface area (Å²) in [5, 5.41) is 3.41. The van der Waals surface area contributed by atoms with E-state index in [9.17, 15) is 9.59 Å². The molecule has 1 aliphatic rings. The molecule has 0 radical (unpaired) electrons.